The van der Waals surface area contributed by atoms with Crippen LogP contribution < -0.4 is 16.4 Å². The van der Waals surface area contributed by atoms with Crippen LogP contribution in [-0.2, 0) is 4.79 Å². The Hall–Kier alpha value is -2.89. The van der Waals surface area contributed by atoms with Crippen LogP contribution in [-0.4, -0.2) is 23.0 Å². The molecule has 120 valence electrons. The molecule has 0 spiro atoms. The van der Waals surface area contributed by atoms with Crippen LogP contribution in [0.5, 0.6) is 0 Å². The summed E-state index contributed by atoms with van der Waals surface area (Å²) in [6.07, 6.45) is 1.68. The molecule has 23 heavy (non-hydrogen) atoms. The number of carbonyl (C=O) groups excluding carboxylic acids is 2. The van der Waals surface area contributed by atoms with E-state index in [0.717, 1.165) is 16.8 Å². The van der Waals surface area contributed by atoms with Crippen LogP contribution in [0.15, 0.2) is 48.7 Å². The average Bonchev–Trinajstić information content (AvgIpc) is 2.52. The number of carbonyl (C=O) groups is 2. The van der Waals surface area contributed by atoms with Gasteiger partial charge in [-0.2, -0.15) is 0 Å². The Kier molecular flexibility index (Phi) is 5.30. The Balaban J connectivity index is 2.28. The Morgan fingerprint density at radius 1 is 1.13 bits per heavy atom. The molecule has 2 atom stereocenters. The number of hydrogen-bond acceptors (Lipinski definition) is 3. The molecule has 0 saturated carbocycles. The number of hydrogen-bond donors (Lipinski definition) is 3. The highest BCUT2D eigenvalue weighted by Gasteiger charge is 2.22. The highest BCUT2D eigenvalue weighted by Crippen LogP contribution is 2.21. The zero-order valence-corrected chi connectivity index (χ0v) is 13.1. The topological polar surface area (TPSA) is 97.1 Å². The molecule has 0 bridgehead atoms. The average molecular weight is 312 g/mol. The number of rotatable bonds is 5. The summed E-state index contributed by atoms with van der Waals surface area (Å²) >= 11 is 0. The van der Waals surface area contributed by atoms with Crippen molar-refractivity contribution in [3.63, 3.8) is 0 Å². The molecule has 0 radical (unpaired) electrons. The summed E-state index contributed by atoms with van der Waals surface area (Å²) in [6, 6.07) is 11.5. The highest BCUT2D eigenvalue weighted by molar-refractivity contribution is 5.86. The summed E-state index contributed by atoms with van der Waals surface area (Å²) in [7, 11) is 0. The Morgan fingerprint density at radius 3 is 2.52 bits per heavy atom. The van der Waals surface area contributed by atoms with E-state index in [4.69, 9.17) is 5.73 Å². The SMILES string of the molecule is Cc1cccc([C@H](NC(=O)[C@H](C)NC(N)=O)c2ccccn2)c1. The Morgan fingerprint density at radius 2 is 1.91 bits per heavy atom. The van der Waals surface area contributed by atoms with Gasteiger partial charge < -0.3 is 16.4 Å². The minimum Gasteiger partial charge on any atom is -0.352 e. The first-order valence-electron chi connectivity index (χ1n) is 7.31. The molecule has 0 saturated heterocycles. The van der Waals surface area contributed by atoms with Gasteiger partial charge >= 0.3 is 6.03 Å². The molecule has 1 aromatic heterocycles. The molecule has 0 fully saturated rings. The molecular formula is C17H20N4O2. The van der Waals surface area contributed by atoms with Crippen molar-refractivity contribution in [2.24, 2.45) is 5.73 Å². The number of pyridine rings is 1. The molecule has 1 aromatic carbocycles. The predicted octanol–water partition coefficient (Wildman–Crippen LogP) is 1.65. The number of nitrogens with one attached hydrogen (secondary N) is 2. The number of aryl methyl sites for hydroxylation is 1. The molecular weight excluding hydrogens is 292 g/mol. The second-order valence-electron chi connectivity index (χ2n) is 5.34. The third kappa shape index (κ3) is 4.54. The van der Waals surface area contributed by atoms with E-state index in [0.29, 0.717) is 0 Å². The van der Waals surface area contributed by atoms with Crippen LogP contribution in [0.3, 0.4) is 0 Å². The lowest BCUT2D eigenvalue weighted by Crippen LogP contribution is -2.47. The van der Waals surface area contributed by atoms with Gasteiger partial charge in [0.1, 0.15) is 6.04 Å². The van der Waals surface area contributed by atoms with Crippen LogP contribution in [0, 0.1) is 6.92 Å². The van der Waals surface area contributed by atoms with E-state index in [9.17, 15) is 9.59 Å². The number of urea groups is 1. The summed E-state index contributed by atoms with van der Waals surface area (Å²) in [6.45, 7) is 3.56. The Bertz CT molecular complexity index is 688. The zero-order valence-electron chi connectivity index (χ0n) is 13.1. The summed E-state index contributed by atoms with van der Waals surface area (Å²) in [5.41, 5.74) is 7.79. The standard InChI is InChI=1S/C17H20N4O2/c1-11-6-5-7-13(10-11)15(14-8-3-4-9-19-14)21-16(22)12(2)20-17(18)23/h3-10,12,15H,1-2H3,(H,21,22)(H3,18,20,23)/t12-,15-/m0/s1. The molecule has 6 nitrogen and oxygen atoms in total. The third-order valence-electron chi connectivity index (χ3n) is 3.40. The van der Waals surface area contributed by atoms with Crippen molar-refractivity contribution in [3.05, 3.63) is 65.5 Å². The molecule has 0 aliphatic rings. The van der Waals surface area contributed by atoms with Crippen LogP contribution in [0.1, 0.15) is 29.8 Å². The van der Waals surface area contributed by atoms with Gasteiger partial charge in [-0.15, -0.1) is 0 Å². The van der Waals surface area contributed by atoms with E-state index >= 15 is 0 Å². The van der Waals surface area contributed by atoms with Crippen molar-refractivity contribution in [1.82, 2.24) is 15.6 Å². The fourth-order valence-corrected chi connectivity index (χ4v) is 2.27. The molecule has 6 heteroatoms. The van der Waals surface area contributed by atoms with Crippen molar-refractivity contribution >= 4 is 11.9 Å². The maximum absolute atomic E-state index is 12.3. The number of amides is 3. The van der Waals surface area contributed by atoms with E-state index in [1.807, 2.05) is 49.4 Å². The lowest BCUT2D eigenvalue weighted by molar-refractivity contribution is -0.123. The van der Waals surface area contributed by atoms with E-state index in [-0.39, 0.29) is 5.91 Å². The monoisotopic (exact) mass is 312 g/mol. The fraction of sp³-hybridized carbons (Fsp3) is 0.235. The van der Waals surface area contributed by atoms with E-state index in [1.54, 1.807) is 13.1 Å². The summed E-state index contributed by atoms with van der Waals surface area (Å²) in [4.78, 5) is 27.5. The van der Waals surface area contributed by atoms with Crippen LogP contribution in [0.4, 0.5) is 4.79 Å². The number of primary amides is 1. The second kappa shape index (κ2) is 7.40. The molecule has 0 unspecified atom stereocenters. The largest absolute Gasteiger partial charge is 0.352 e. The zero-order chi connectivity index (χ0) is 16.8. The van der Waals surface area contributed by atoms with Gasteiger partial charge in [-0.1, -0.05) is 35.9 Å². The van der Waals surface area contributed by atoms with Gasteiger partial charge in [-0.3, -0.25) is 9.78 Å². The molecule has 2 aromatic rings. The van der Waals surface area contributed by atoms with Crippen LogP contribution in [0.25, 0.3) is 0 Å². The van der Waals surface area contributed by atoms with Gasteiger partial charge in [0.15, 0.2) is 0 Å². The van der Waals surface area contributed by atoms with E-state index < -0.39 is 18.1 Å². The minimum atomic E-state index is -0.738. The molecule has 2 rings (SSSR count). The third-order valence-corrected chi connectivity index (χ3v) is 3.40. The first-order chi connectivity index (χ1) is 11.0. The van der Waals surface area contributed by atoms with Gasteiger partial charge in [0.2, 0.25) is 5.91 Å². The quantitative estimate of drug-likeness (QED) is 0.783. The number of benzene rings is 1. The smallest absolute Gasteiger partial charge is 0.312 e. The van der Waals surface area contributed by atoms with Crippen molar-refractivity contribution in [1.29, 1.82) is 0 Å². The van der Waals surface area contributed by atoms with Gasteiger partial charge in [-0.25, -0.2) is 4.79 Å². The molecule has 1 heterocycles. The maximum Gasteiger partial charge on any atom is 0.312 e. The van der Waals surface area contributed by atoms with Crippen molar-refractivity contribution in [3.8, 4) is 0 Å². The second-order valence-corrected chi connectivity index (χ2v) is 5.34. The van der Waals surface area contributed by atoms with Crippen LogP contribution in [0.2, 0.25) is 0 Å². The van der Waals surface area contributed by atoms with Gasteiger partial charge in [0, 0.05) is 6.20 Å². The van der Waals surface area contributed by atoms with E-state index in [2.05, 4.69) is 15.6 Å². The number of nitrogens with zero attached hydrogens (tertiary/aromatic N) is 1. The first kappa shape index (κ1) is 16.5. The normalized spacial score (nSPS) is 13.0. The lowest BCUT2D eigenvalue weighted by atomic mass is 10.0. The molecule has 0 aliphatic carbocycles. The van der Waals surface area contributed by atoms with Gasteiger partial charge in [-0.05, 0) is 31.5 Å². The minimum absolute atomic E-state index is 0.332. The molecule has 0 aliphatic heterocycles. The summed E-state index contributed by atoms with van der Waals surface area (Å²) < 4.78 is 0. The Labute approximate surface area is 135 Å². The van der Waals surface area contributed by atoms with Gasteiger partial charge in [0.25, 0.3) is 0 Å². The number of aromatic nitrogens is 1. The highest BCUT2D eigenvalue weighted by atomic mass is 16.2. The van der Waals surface area contributed by atoms with Gasteiger partial charge in [0.05, 0.1) is 11.7 Å². The molecule has 4 N–H and O–H groups in total. The maximum atomic E-state index is 12.3. The fourth-order valence-electron chi connectivity index (χ4n) is 2.27. The van der Waals surface area contributed by atoms with Crippen molar-refractivity contribution in [2.75, 3.05) is 0 Å². The predicted molar refractivity (Wildman–Crippen MR) is 87.6 cm³/mol. The molecule has 3 amide bonds. The summed E-state index contributed by atoms with van der Waals surface area (Å²) in [5.74, 6) is -0.332. The first-order valence-corrected chi connectivity index (χ1v) is 7.31. The van der Waals surface area contributed by atoms with Crippen molar-refractivity contribution in [2.45, 2.75) is 25.9 Å². The lowest BCUT2D eigenvalue weighted by Gasteiger charge is -2.21. The van der Waals surface area contributed by atoms with Crippen LogP contribution >= 0.6 is 0 Å². The van der Waals surface area contributed by atoms with Crippen molar-refractivity contribution < 1.29 is 9.59 Å². The summed E-state index contributed by atoms with van der Waals surface area (Å²) in [5, 5.41) is 5.28. The van der Waals surface area contributed by atoms with E-state index in [1.165, 1.54) is 0 Å². The number of nitrogens with two attached hydrogens (primary N) is 1.